The van der Waals surface area contributed by atoms with Crippen molar-refractivity contribution in [3.05, 3.63) is 60.0 Å². The lowest BCUT2D eigenvalue weighted by molar-refractivity contribution is 0.400. The van der Waals surface area contributed by atoms with E-state index >= 15 is 0 Å². The minimum absolute atomic E-state index is 0.442. The lowest BCUT2D eigenvalue weighted by atomic mass is 10.1. The molecule has 5 heteroatoms. The van der Waals surface area contributed by atoms with Crippen LogP contribution in [-0.2, 0) is 0 Å². The summed E-state index contributed by atoms with van der Waals surface area (Å²) in [6, 6.07) is 15.7. The number of aromatic nitrogens is 2. The third kappa shape index (κ3) is 4.65. The number of hydrogen-bond donors (Lipinski definition) is 2. The van der Waals surface area contributed by atoms with Crippen molar-refractivity contribution in [2.24, 2.45) is 0 Å². The van der Waals surface area contributed by atoms with Crippen molar-refractivity contribution in [3.8, 4) is 11.3 Å². The Labute approximate surface area is 129 Å². The molecule has 0 fully saturated rings. The van der Waals surface area contributed by atoms with Crippen LogP contribution in [0.2, 0.25) is 0 Å². The maximum atomic E-state index is 5.17. The standard InChI is InChI=1S/C12H11NS.C4H6N2O/c1-9-3-2-4-12(13-9)10-5-7-11(14)8-6-10;1-3-2-4(5)6-7-3/h2-8,14H,1H3;2H,1H3,(H2,5,6). The second kappa shape index (κ2) is 6.95. The fourth-order valence-electron chi connectivity index (χ4n) is 1.72. The Kier molecular flexibility index (Phi) is 5.00. The summed E-state index contributed by atoms with van der Waals surface area (Å²) in [5.41, 5.74) is 8.36. The molecule has 0 radical (unpaired) electrons. The minimum Gasteiger partial charge on any atom is -0.381 e. The van der Waals surface area contributed by atoms with Gasteiger partial charge in [0, 0.05) is 22.2 Å². The Bertz CT molecular complexity index is 691. The first-order chi connectivity index (χ1) is 10.0. The quantitative estimate of drug-likeness (QED) is 0.669. The summed E-state index contributed by atoms with van der Waals surface area (Å²) in [5, 5.41) is 3.42. The molecule has 3 aromatic rings. The van der Waals surface area contributed by atoms with Gasteiger partial charge < -0.3 is 10.3 Å². The summed E-state index contributed by atoms with van der Waals surface area (Å²) in [4.78, 5) is 5.42. The monoisotopic (exact) mass is 299 g/mol. The van der Waals surface area contributed by atoms with Gasteiger partial charge in [-0.2, -0.15) is 0 Å². The first-order valence-corrected chi connectivity index (χ1v) is 6.91. The van der Waals surface area contributed by atoms with Gasteiger partial charge in [0.05, 0.1) is 5.69 Å². The van der Waals surface area contributed by atoms with E-state index in [-0.39, 0.29) is 0 Å². The molecule has 2 heterocycles. The highest BCUT2D eigenvalue weighted by Crippen LogP contribution is 2.18. The second-order valence-electron chi connectivity index (χ2n) is 4.57. The molecule has 1 aromatic carbocycles. The Balaban J connectivity index is 0.000000194. The first-order valence-electron chi connectivity index (χ1n) is 6.46. The van der Waals surface area contributed by atoms with Gasteiger partial charge >= 0.3 is 0 Å². The van der Waals surface area contributed by atoms with Gasteiger partial charge in [-0.15, -0.1) is 12.6 Å². The van der Waals surface area contributed by atoms with Crippen LogP contribution in [0.5, 0.6) is 0 Å². The van der Waals surface area contributed by atoms with E-state index in [1.807, 2.05) is 49.4 Å². The van der Waals surface area contributed by atoms with Crippen LogP contribution in [0.4, 0.5) is 5.82 Å². The van der Waals surface area contributed by atoms with E-state index in [1.54, 1.807) is 13.0 Å². The van der Waals surface area contributed by atoms with Gasteiger partial charge in [0.25, 0.3) is 0 Å². The summed E-state index contributed by atoms with van der Waals surface area (Å²) >= 11 is 4.24. The van der Waals surface area contributed by atoms with Crippen LogP contribution >= 0.6 is 12.6 Å². The molecule has 0 saturated carbocycles. The van der Waals surface area contributed by atoms with Gasteiger partial charge in [0.2, 0.25) is 0 Å². The van der Waals surface area contributed by atoms with Crippen LogP contribution in [0.15, 0.2) is 57.9 Å². The maximum absolute atomic E-state index is 5.17. The van der Waals surface area contributed by atoms with Gasteiger partial charge in [-0.3, -0.25) is 4.98 Å². The summed E-state index contributed by atoms with van der Waals surface area (Å²) in [6.07, 6.45) is 0. The van der Waals surface area contributed by atoms with E-state index in [4.69, 9.17) is 5.73 Å². The van der Waals surface area contributed by atoms with E-state index in [0.29, 0.717) is 5.82 Å². The number of rotatable bonds is 1. The number of aryl methyl sites for hydroxylation is 2. The topological polar surface area (TPSA) is 64.9 Å². The molecule has 0 saturated heterocycles. The van der Waals surface area contributed by atoms with Crippen molar-refractivity contribution in [1.82, 2.24) is 10.1 Å². The second-order valence-corrected chi connectivity index (χ2v) is 5.09. The Hall–Kier alpha value is -2.27. The Morgan fingerprint density at radius 1 is 1.05 bits per heavy atom. The summed E-state index contributed by atoms with van der Waals surface area (Å²) in [6.45, 7) is 3.79. The van der Waals surface area contributed by atoms with E-state index in [9.17, 15) is 0 Å². The maximum Gasteiger partial charge on any atom is 0.167 e. The third-order valence-electron chi connectivity index (χ3n) is 2.70. The number of thiol groups is 1. The fraction of sp³-hybridized carbons (Fsp3) is 0.125. The van der Waals surface area contributed by atoms with Gasteiger partial charge in [-0.05, 0) is 38.1 Å². The van der Waals surface area contributed by atoms with Gasteiger partial charge in [0.1, 0.15) is 5.76 Å². The lowest BCUT2D eigenvalue weighted by Gasteiger charge is -2.01. The third-order valence-corrected chi connectivity index (χ3v) is 3.00. The zero-order valence-electron chi connectivity index (χ0n) is 11.9. The van der Waals surface area contributed by atoms with Crippen molar-refractivity contribution in [1.29, 1.82) is 0 Å². The Morgan fingerprint density at radius 2 is 1.76 bits per heavy atom. The molecular formula is C16H17N3OS. The normalized spacial score (nSPS) is 9.86. The fourth-order valence-corrected chi connectivity index (χ4v) is 1.87. The molecule has 0 amide bonds. The van der Waals surface area contributed by atoms with Crippen LogP contribution < -0.4 is 5.73 Å². The molecule has 108 valence electrons. The molecule has 2 aromatic heterocycles. The molecule has 4 nitrogen and oxygen atoms in total. The van der Waals surface area contributed by atoms with Crippen LogP contribution in [-0.4, -0.2) is 10.1 Å². The van der Waals surface area contributed by atoms with E-state index in [0.717, 1.165) is 27.6 Å². The van der Waals surface area contributed by atoms with Crippen LogP contribution in [0.3, 0.4) is 0 Å². The average Bonchev–Trinajstić information content (AvgIpc) is 2.84. The van der Waals surface area contributed by atoms with Gasteiger partial charge in [-0.25, -0.2) is 0 Å². The van der Waals surface area contributed by atoms with Crippen LogP contribution in [0.1, 0.15) is 11.5 Å². The molecule has 0 aliphatic heterocycles. The summed E-state index contributed by atoms with van der Waals surface area (Å²) in [7, 11) is 0. The molecule has 0 aliphatic rings. The zero-order valence-corrected chi connectivity index (χ0v) is 12.8. The van der Waals surface area contributed by atoms with E-state index < -0.39 is 0 Å². The molecule has 0 unspecified atom stereocenters. The van der Waals surface area contributed by atoms with Crippen LogP contribution in [0, 0.1) is 13.8 Å². The molecular weight excluding hydrogens is 282 g/mol. The summed E-state index contributed by atoms with van der Waals surface area (Å²) < 4.78 is 4.59. The summed E-state index contributed by atoms with van der Waals surface area (Å²) in [5.74, 6) is 1.19. The number of nitrogen functional groups attached to an aromatic ring is 1. The number of hydrogen-bond acceptors (Lipinski definition) is 5. The van der Waals surface area contributed by atoms with Gasteiger partial charge in [-0.1, -0.05) is 23.4 Å². The highest BCUT2D eigenvalue weighted by atomic mass is 32.1. The number of nitrogens with two attached hydrogens (primary N) is 1. The number of pyridine rings is 1. The lowest BCUT2D eigenvalue weighted by Crippen LogP contribution is -1.85. The molecule has 3 rings (SSSR count). The molecule has 0 bridgehead atoms. The van der Waals surface area contributed by atoms with Crippen molar-refractivity contribution < 1.29 is 4.52 Å². The largest absolute Gasteiger partial charge is 0.381 e. The smallest absolute Gasteiger partial charge is 0.167 e. The van der Waals surface area contributed by atoms with E-state index in [2.05, 4.69) is 27.3 Å². The molecule has 0 spiro atoms. The first kappa shape index (κ1) is 15.1. The molecule has 2 N–H and O–H groups in total. The van der Waals surface area contributed by atoms with Crippen molar-refractivity contribution in [2.75, 3.05) is 5.73 Å². The van der Waals surface area contributed by atoms with Gasteiger partial charge in [0.15, 0.2) is 5.82 Å². The highest BCUT2D eigenvalue weighted by Gasteiger charge is 1.97. The van der Waals surface area contributed by atoms with Crippen molar-refractivity contribution >= 4 is 18.4 Å². The highest BCUT2D eigenvalue weighted by molar-refractivity contribution is 7.80. The number of anilines is 1. The number of benzene rings is 1. The van der Waals surface area contributed by atoms with Crippen molar-refractivity contribution in [2.45, 2.75) is 18.7 Å². The average molecular weight is 299 g/mol. The predicted molar refractivity (Wildman–Crippen MR) is 87.3 cm³/mol. The molecule has 0 aliphatic carbocycles. The molecule has 0 atom stereocenters. The Morgan fingerprint density at radius 3 is 2.24 bits per heavy atom. The predicted octanol–water partition coefficient (Wildman–Crippen LogP) is 3.91. The van der Waals surface area contributed by atoms with Crippen molar-refractivity contribution in [3.63, 3.8) is 0 Å². The minimum atomic E-state index is 0.442. The zero-order chi connectivity index (χ0) is 15.2. The van der Waals surface area contributed by atoms with E-state index in [1.165, 1.54) is 0 Å². The SMILES string of the molecule is Cc1cc(N)no1.Cc1cccc(-c2ccc(S)cc2)n1. The van der Waals surface area contributed by atoms with Crippen LogP contribution in [0.25, 0.3) is 11.3 Å². The molecule has 21 heavy (non-hydrogen) atoms. The number of nitrogens with zero attached hydrogens (tertiary/aromatic N) is 2.